The third-order valence-electron chi connectivity index (χ3n) is 3.13. The summed E-state index contributed by atoms with van der Waals surface area (Å²) in [6, 6.07) is 3.26. The van der Waals surface area contributed by atoms with Crippen LogP contribution in [0, 0.1) is 0 Å². The van der Waals surface area contributed by atoms with Gasteiger partial charge in [0, 0.05) is 18.8 Å². The number of nitrogens with one attached hydrogen (secondary N) is 1. The Hall–Kier alpha value is -1.11. The second kappa shape index (κ2) is 7.06. The maximum Gasteiger partial charge on any atom is 0.241 e. The highest BCUT2D eigenvalue weighted by atomic mass is 32.2. The van der Waals surface area contributed by atoms with Gasteiger partial charge < -0.3 is 10.5 Å². The average Bonchev–Trinajstić information content (AvgIpc) is 2.37. The Labute approximate surface area is 121 Å². The number of methoxy groups -OCH3 is 1. The van der Waals surface area contributed by atoms with Gasteiger partial charge in [-0.25, -0.2) is 13.1 Å². The molecule has 0 aromatic heterocycles. The summed E-state index contributed by atoms with van der Waals surface area (Å²) in [4.78, 5) is 0.278. The van der Waals surface area contributed by atoms with Gasteiger partial charge in [-0.15, -0.1) is 0 Å². The van der Waals surface area contributed by atoms with Crippen LogP contribution in [0.4, 0.5) is 5.69 Å². The third kappa shape index (κ3) is 3.94. The lowest BCUT2D eigenvalue weighted by Crippen LogP contribution is -2.36. The summed E-state index contributed by atoms with van der Waals surface area (Å²) in [5, 5.41) is 0. The number of nitrogens with two attached hydrogens (primary N) is 1. The zero-order valence-corrected chi connectivity index (χ0v) is 13.4. The van der Waals surface area contributed by atoms with Crippen molar-refractivity contribution in [2.75, 3.05) is 19.5 Å². The van der Waals surface area contributed by atoms with E-state index in [1.54, 1.807) is 13.0 Å². The molecule has 0 radical (unpaired) electrons. The monoisotopic (exact) mass is 300 g/mol. The van der Waals surface area contributed by atoms with Crippen molar-refractivity contribution in [2.24, 2.45) is 0 Å². The van der Waals surface area contributed by atoms with Gasteiger partial charge in [0.25, 0.3) is 0 Å². The highest BCUT2D eigenvalue weighted by Crippen LogP contribution is 2.25. The molecule has 0 amide bonds. The van der Waals surface area contributed by atoms with E-state index < -0.39 is 10.0 Å². The number of nitrogen functional groups attached to an aromatic ring is 1. The molecular formula is C14H24N2O3S. The fourth-order valence-corrected chi connectivity index (χ4v) is 3.78. The maximum atomic E-state index is 12.5. The third-order valence-corrected chi connectivity index (χ3v) is 4.78. The van der Waals surface area contributed by atoms with E-state index in [9.17, 15) is 8.42 Å². The SMILES string of the molecule is CCc1cc(N)c(CC)c(S(=O)(=O)NC(C)COC)c1. The number of hydrogen-bond donors (Lipinski definition) is 2. The Balaban J connectivity index is 3.25. The molecular weight excluding hydrogens is 276 g/mol. The Morgan fingerprint density at radius 2 is 1.95 bits per heavy atom. The van der Waals surface area contributed by atoms with Gasteiger partial charge in [0.2, 0.25) is 10.0 Å². The number of anilines is 1. The van der Waals surface area contributed by atoms with Crippen LogP contribution >= 0.6 is 0 Å². The second-order valence-electron chi connectivity index (χ2n) is 4.85. The predicted octanol–water partition coefficient (Wildman–Crippen LogP) is 1.71. The van der Waals surface area contributed by atoms with Crippen molar-refractivity contribution in [1.82, 2.24) is 4.72 Å². The van der Waals surface area contributed by atoms with E-state index in [2.05, 4.69) is 4.72 Å². The first-order chi connectivity index (χ1) is 9.35. The maximum absolute atomic E-state index is 12.5. The molecule has 0 saturated carbocycles. The molecule has 0 saturated heterocycles. The zero-order valence-electron chi connectivity index (χ0n) is 12.6. The molecule has 1 aromatic carbocycles. The minimum atomic E-state index is -3.59. The minimum Gasteiger partial charge on any atom is -0.398 e. The summed E-state index contributed by atoms with van der Waals surface area (Å²) in [5.41, 5.74) is 8.09. The van der Waals surface area contributed by atoms with Crippen LogP contribution in [0.1, 0.15) is 31.9 Å². The Morgan fingerprint density at radius 3 is 2.45 bits per heavy atom. The van der Waals surface area contributed by atoms with E-state index in [4.69, 9.17) is 10.5 Å². The van der Waals surface area contributed by atoms with E-state index in [0.717, 1.165) is 12.0 Å². The summed E-state index contributed by atoms with van der Waals surface area (Å²) < 4.78 is 32.6. The van der Waals surface area contributed by atoms with Gasteiger partial charge in [0.15, 0.2) is 0 Å². The number of ether oxygens (including phenoxy) is 1. The first-order valence-corrected chi connectivity index (χ1v) is 8.26. The molecule has 0 aliphatic heterocycles. The summed E-state index contributed by atoms with van der Waals surface area (Å²) in [5.74, 6) is 0. The first kappa shape index (κ1) is 16.9. The van der Waals surface area contributed by atoms with Gasteiger partial charge in [-0.3, -0.25) is 0 Å². The molecule has 6 heteroatoms. The Bertz CT molecular complexity index is 556. The van der Waals surface area contributed by atoms with Gasteiger partial charge in [-0.05, 0) is 43.0 Å². The molecule has 0 fully saturated rings. The lowest BCUT2D eigenvalue weighted by molar-refractivity contribution is 0.180. The molecule has 0 aliphatic carbocycles. The second-order valence-corrected chi connectivity index (χ2v) is 6.53. The molecule has 0 bridgehead atoms. The summed E-state index contributed by atoms with van der Waals surface area (Å²) >= 11 is 0. The fourth-order valence-electron chi connectivity index (χ4n) is 2.16. The van der Waals surface area contributed by atoms with Crippen LogP contribution in [-0.2, 0) is 27.6 Å². The van der Waals surface area contributed by atoms with E-state index in [0.29, 0.717) is 24.3 Å². The topological polar surface area (TPSA) is 81.4 Å². The van der Waals surface area contributed by atoms with Crippen molar-refractivity contribution >= 4 is 15.7 Å². The van der Waals surface area contributed by atoms with Gasteiger partial charge >= 0.3 is 0 Å². The highest BCUT2D eigenvalue weighted by molar-refractivity contribution is 7.89. The molecule has 3 N–H and O–H groups in total. The van der Waals surface area contributed by atoms with E-state index in [1.807, 2.05) is 19.9 Å². The smallest absolute Gasteiger partial charge is 0.241 e. The van der Waals surface area contributed by atoms with Crippen molar-refractivity contribution < 1.29 is 13.2 Å². The number of sulfonamides is 1. The molecule has 1 rings (SSSR count). The zero-order chi connectivity index (χ0) is 15.3. The molecule has 0 heterocycles. The Morgan fingerprint density at radius 1 is 1.30 bits per heavy atom. The molecule has 0 aliphatic rings. The summed E-state index contributed by atoms with van der Waals surface area (Å²) in [6.07, 6.45) is 1.31. The first-order valence-electron chi connectivity index (χ1n) is 6.78. The molecule has 114 valence electrons. The molecule has 1 unspecified atom stereocenters. The largest absolute Gasteiger partial charge is 0.398 e. The van der Waals surface area contributed by atoms with E-state index >= 15 is 0 Å². The van der Waals surface area contributed by atoms with Crippen LogP contribution in [0.2, 0.25) is 0 Å². The number of aryl methyl sites for hydroxylation is 1. The normalized spacial score (nSPS) is 13.4. The van der Waals surface area contributed by atoms with Crippen LogP contribution in [0.25, 0.3) is 0 Å². The van der Waals surface area contributed by atoms with Crippen molar-refractivity contribution in [1.29, 1.82) is 0 Å². The minimum absolute atomic E-state index is 0.278. The average molecular weight is 300 g/mol. The summed E-state index contributed by atoms with van der Waals surface area (Å²) in [7, 11) is -2.05. The van der Waals surface area contributed by atoms with Gasteiger partial charge in [0.05, 0.1) is 11.5 Å². The Kier molecular flexibility index (Phi) is 5.98. The van der Waals surface area contributed by atoms with Crippen molar-refractivity contribution in [3.63, 3.8) is 0 Å². The number of hydrogen-bond acceptors (Lipinski definition) is 4. The van der Waals surface area contributed by atoms with Gasteiger partial charge in [0.1, 0.15) is 0 Å². The van der Waals surface area contributed by atoms with E-state index in [1.165, 1.54) is 7.11 Å². The van der Waals surface area contributed by atoms with Crippen LogP contribution in [-0.4, -0.2) is 28.2 Å². The summed E-state index contributed by atoms with van der Waals surface area (Å²) in [6.45, 7) is 5.95. The molecule has 1 aromatic rings. The predicted molar refractivity (Wildman–Crippen MR) is 81.3 cm³/mol. The fraction of sp³-hybridized carbons (Fsp3) is 0.571. The molecule has 0 spiro atoms. The van der Waals surface area contributed by atoms with E-state index in [-0.39, 0.29) is 10.9 Å². The highest BCUT2D eigenvalue weighted by Gasteiger charge is 2.22. The van der Waals surface area contributed by atoms with Gasteiger partial charge in [-0.1, -0.05) is 13.8 Å². The van der Waals surface area contributed by atoms with Gasteiger partial charge in [-0.2, -0.15) is 0 Å². The van der Waals surface area contributed by atoms with Crippen LogP contribution in [0.15, 0.2) is 17.0 Å². The lowest BCUT2D eigenvalue weighted by Gasteiger charge is -2.17. The lowest BCUT2D eigenvalue weighted by atomic mass is 10.1. The molecule has 20 heavy (non-hydrogen) atoms. The van der Waals surface area contributed by atoms with Crippen LogP contribution in [0.5, 0.6) is 0 Å². The van der Waals surface area contributed by atoms with Crippen LogP contribution < -0.4 is 10.5 Å². The quantitative estimate of drug-likeness (QED) is 0.751. The molecule has 1 atom stereocenters. The van der Waals surface area contributed by atoms with Crippen LogP contribution in [0.3, 0.4) is 0 Å². The standard InChI is InChI=1S/C14H24N2O3S/c1-5-11-7-13(15)12(6-2)14(8-11)20(17,18)16-10(3)9-19-4/h7-8,10,16H,5-6,9,15H2,1-4H3. The number of benzene rings is 1. The van der Waals surface area contributed by atoms with Crippen molar-refractivity contribution in [2.45, 2.75) is 44.6 Å². The van der Waals surface area contributed by atoms with Crippen molar-refractivity contribution in [3.8, 4) is 0 Å². The van der Waals surface area contributed by atoms with Crippen molar-refractivity contribution in [3.05, 3.63) is 23.3 Å². The number of rotatable bonds is 7. The molecule has 5 nitrogen and oxygen atoms in total.